The average Bonchev–Trinajstić information content (AvgIpc) is 2.40. The summed E-state index contributed by atoms with van der Waals surface area (Å²) in [6.45, 7) is 9.20. The van der Waals surface area contributed by atoms with Crippen LogP contribution in [0.25, 0.3) is 0 Å². The van der Waals surface area contributed by atoms with E-state index in [0.717, 1.165) is 22.6 Å². The maximum absolute atomic E-state index is 6.02. The van der Waals surface area contributed by atoms with E-state index in [4.69, 9.17) is 10.5 Å². The van der Waals surface area contributed by atoms with E-state index in [9.17, 15) is 0 Å². The molecule has 0 spiro atoms. The molecule has 0 heterocycles. The Morgan fingerprint density at radius 3 is 2.30 bits per heavy atom. The minimum atomic E-state index is 0.151. The predicted molar refractivity (Wildman–Crippen MR) is 84.3 cm³/mol. The van der Waals surface area contributed by atoms with E-state index >= 15 is 0 Å². The number of rotatable bonds is 3. The fraction of sp³-hybridized carbons (Fsp3) is 0.333. The molecule has 0 bridgehead atoms. The lowest BCUT2D eigenvalue weighted by Crippen LogP contribution is -2.11. The average molecular weight is 269 g/mol. The summed E-state index contributed by atoms with van der Waals surface area (Å²) in [7, 11) is 0. The van der Waals surface area contributed by atoms with Gasteiger partial charge in [0.1, 0.15) is 11.5 Å². The molecule has 2 heteroatoms. The smallest absolute Gasteiger partial charge is 0.131 e. The largest absolute Gasteiger partial charge is 0.457 e. The van der Waals surface area contributed by atoms with E-state index in [1.54, 1.807) is 0 Å². The third kappa shape index (κ3) is 3.20. The van der Waals surface area contributed by atoms with Gasteiger partial charge in [-0.15, -0.1) is 0 Å². The van der Waals surface area contributed by atoms with Crippen molar-refractivity contribution in [2.45, 2.75) is 39.7 Å². The van der Waals surface area contributed by atoms with Crippen molar-refractivity contribution < 1.29 is 4.74 Å². The minimum absolute atomic E-state index is 0.151. The molecule has 0 aliphatic heterocycles. The Hall–Kier alpha value is -1.80. The number of ether oxygens (including phenoxy) is 1. The summed E-state index contributed by atoms with van der Waals surface area (Å²) >= 11 is 0. The van der Waals surface area contributed by atoms with Gasteiger partial charge in [-0.1, -0.05) is 51.1 Å². The molecule has 0 atom stereocenters. The third-order valence-electron chi connectivity index (χ3n) is 3.45. The molecule has 0 aliphatic rings. The third-order valence-corrected chi connectivity index (χ3v) is 3.45. The molecular formula is C18H23NO. The summed E-state index contributed by atoms with van der Waals surface area (Å²) in [5.74, 6) is 1.72. The maximum atomic E-state index is 6.02. The molecule has 0 radical (unpaired) electrons. The summed E-state index contributed by atoms with van der Waals surface area (Å²) in [6, 6.07) is 14.3. The SMILES string of the molecule is Cc1cc(C(C)(C)C)ccc1Oc1ccccc1CN. The predicted octanol–water partition coefficient (Wildman–Crippen LogP) is 4.54. The molecule has 106 valence electrons. The fourth-order valence-electron chi connectivity index (χ4n) is 2.12. The zero-order valence-electron chi connectivity index (χ0n) is 12.7. The molecule has 2 N–H and O–H groups in total. The molecule has 0 aromatic heterocycles. The van der Waals surface area contributed by atoms with Gasteiger partial charge < -0.3 is 10.5 Å². The van der Waals surface area contributed by atoms with E-state index in [-0.39, 0.29) is 5.41 Å². The number of hydrogen-bond acceptors (Lipinski definition) is 2. The minimum Gasteiger partial charge on any atom is -0.457 e. The van der Waals surface area contributed by atoms with Crippen LogP contribution >= 0.6 is 0 Å². The first-order valence-electron chi connectivity index (χ1n) is 6.99. The van der Waals surface area contributed by atoms with Crippen LogP contribution in [0.1, 0.15) is 37.5 Å². The maximum Gasteiger partial charge on any atom is 0.131 e. The van der Waals surface area contributed by atoms with Crippen molar-refractivity contribution in [3.63, 3.8) is 0 Å². The quantitative estimate of drug-likeness (QED) is 0.887. The van der Waals surface area contributed by atoms with Crippen LogP contribution in [-0.2, 0) is 12.0 Å². The molecule has 0 aliphatic carbocycles. The molecule has 2 rings (SSSR count). The van der Waals surface area contributed by atoms with E-state index in [1.165, 1.54) is 5.56 Å². The Morgan fingerprint density at radius 2 is 1.70 bits per heavy atom. The van der Waals surface area contributed by atoms with E-state index < -0.39 is 0 Å². The highest BCUT2D eigenvalue weighted by atomic mass is 16.5. The van der Waals surface area contributed by atoms with Crippen LogP contribution < -0.4 is 10.5 Å². The highest BCUT2D eigenvalue weighted by Gasteiger charge is 2.15. The Morgan fingerprint density at radius 1 is 1.00 bits per heavy atom. The molecule has 2 nitrogen and oxygen atoms in total. The van der Waals surface area contributed by atoms with Gasteiger partial charge in [0, 0.05) is 12.1 Å². The first-order valence-corrected chi connectivity index (χ1v) is 6.99. The van der Waals surface area contributed by atoms with Crippen molar-refractivity contribution in [1.29, 1.82) is 0 Å². The van der Waals surface area contributed by atoms with Gasteiger partial charge in [-0.2, -0.15) is 0 Å². The summed E-state index contributed by atoms with van der Waals surface area (Å²) < 4.78 is 6.02. The van der Waals surface area contributed by atoms with Crippen LogP contribution in [0.4, 0.5) is 0 Å². The van der Waals surface area contributed by atoms with Gasteiger partial charge in [-0.05, 0) is 35.6 Å². The van der Waals surface area contributed by atoms with E-state index in [0.29, 0.717) is 6.54 Å². The number of nitrogens with two attached hydrogens (primary N) is 1. The van der Waals surface area contributed by atoms with Crippen LogP contribution in [0.5, 0.6) is 11.5 Å². The highest BCUT2D eigenvalue weighted by molar-refractivity contribution is 5.43. The van der Waals surface area contributed by atoms with E-state index in [1.807, 2.05) is 30.3 Å². The number of aryl methyl sites for hydroxylation is 1. The molecular weight excluding hydrogens is 246 g/mol. The Balaban J connectivity index is 2.31. The lowest BCUT2D eigenvalue weighted by Gasteiger charge is -2.21. The highest BCUT2D eigenvalue weighted by Crippen LogP contribution is 2.31. The van der Waals surface area contributed by atoms with Gasteiger partial charge in [0.25, 0.3) is 0 Å². The number of benzene rings is 2. The summed E-state index contributed by atoms with van der Waals surface area (Å²) in [6.07, 6.45) is 0. The van der Waals surface area contributed by atoms with Gasteiger partial charge in [0.05, 0.1) is 0 Å². The zero-order valence-corrected chi connectivity index (χ0v) is 12.7. The standard InChI is InChI=1S/C18H23NO/c1-13-11-15(18(2,3)4)9-10-16(13)20-17-8-6-5-7-14(17)12-19/h5-11H,12,19H2,1-4H3. The van der Waals surface area contributed by atoms with Crippen LogP contribution in [0, 0.1) is 6.92 Å². The van der Waals surface area contributed by atoms with Crippen LogP contribution in [0.15, 0.2) is 42.5 Å². The van der Waals surface area contributed by atoms with Gasteiger partial charge in [0.15, 0.2) is 0 Å². The lowest BCUT2D eigenvalue weighted by atomic mass is 9.86. The van der Waals surface area contributed by atoms with Crippen molar-refractivity contribution in [2.24, 2.45) is 5.73 Å². The molecule has 2 aromatic carbocycles. The Labute approximate surface area is 121 Å². The molecule has 2 aromatic rings. The first kappa shape index (κ1) is 14.6. The van der Waals surface area contributed by atoms with Gasteiger partial charge >= 0.3 is 0 Å². The topological polar surface area (TPSA) is 35.2 Å². The van der Waals surface area contributed by atoms with Gasteiger partial charge in [0.2, 0.25) is 0 Å². The second kappa shape index (κ2) is 5.68. The molecule has 0 fully saturated rings. The second-order valence-corrected chi connectivity index (χ2v) is 6.14. The van der Waals surface area contributed by atoms with Crippen molar-refractivity contribution in [3.8, 4) is 11.5 Å². The second-order valence-electron chi connectivity index (χ2n) is 6.14. The van der Waals surface area contributed by atoms with Crippen molar-refractivity contribution in [1.82, 2.24) is 0 Å². The van der Waals surface area contributed by atoms with Gasteiger partial charge in [-0.25, -0.2) is 0 Å². The Bertz CT molecular complexity index is 597. The zero-order chi connectivity index (χ0) is 14.8. The monoisotopic (exact) mass is 269 g/mol. The van der Waals surface area contributed by atoms with Crippen LogP contribution in [0.2, 0.25) is 0 Å². The summed E-state index contributed by atoms with van der Waals surface area (Å²) in [5, 5.41) is 0. The molecule has 0 amide bonds. The molecule has 0 unspecified atom stereocenters. The lowest BCUT2D eigenvalue weighted by molar-refractivity contribution is 0.471. The van der Waals surface area contributed by atoms with E-state index in [2.05, 4.69) is 39.8 Å². The summed E-state index contributed by atoms with van der Waals surface area (Å²) in [4.78, 5) is 0. The first-order chi connectivity index (χ1) is 9.41. The van der Waals surface area contributed by atoms with Crippen LogP contribution in [-0.4, -0.2) is 0 Å². The summed E-state index contributed by atoms with van der Waals surface area (Å²) in [5.41, 5.74) is 9.37. The number of hydrogen-bond donors (Lipinski definition) is 1. The van der Waals surface area contributed by atoms with Crippen LogP contribution in [0.3, 0.4) is 0 Å². The van der Waals surface area contributed by atoms with Crippen molar-refractivity contribution in [2.75, 3.05) is 0 Å². The molecule has 0 saturated heterocycles. The fourth-order valence-corrected chi connectivity index (χ4v) is 2.12. The number of para-hydroxylation sites is 1. The molecule has 20 heavy (non-hydrogen) atoms. The van der Waals surface area contributed by atoms with Gasteiger partial charge in [-0.3, -0.25) is 0 Å². The normalized spacial score (nSPS) is 11.4. The molecule has 0 saturated carbocycles. The van der Waals surface area contributed by atoms with Crippen molar-refractivity contribution >= 4 is 0 Å². The van der Waals surface area contributed by atoms with Crippen molar-refractivity contribution in [3.05, 3.63) is 59.2 Å². The Kier molecular flexibility index (Phi) is 4.15.